The lowest BCUT2D eigenvalue weighted by molar-refractivity contribution is -0.0485. The van der Waals surface area contributed by atoms with Gasteiger partial charge in [-0.1, -0.05) is 0 Å². The van der Waals surface area contributed by atoms with Crippen LogP contribution in [-0.2, 0) is 20.0 Å². The van der Waals surface area contributed by atoms with Gasteiger partial charge in [-0.25, -0.2) is 4.21 Å². The maximum absolute atomic E-state index is 11.6. The predicted molar refractivity (Wildman–Crippen MR) is 39.1 cm³/mol. The lowest BCUT2D eigenvalue weighted by atomic mass is 10.7. The minimum atomic E-state index is -4.79. The Labute approximate surface area is 75.9 Å². The van der Waals surface area contributed by atoms with E-state index < -0.39 is 16.6 Å². The molecular formula is C6H9F3O3S. The summed E-state index contributed by atoms with van der Waals surface area (Å²) in [6, 6.07) is 0. The minimum absolute atomic E-state index is 0.0620. The Morgan fingerprint density at radius 2 is 1.92 bits per heavy atom. The van der Waals surface area contributed by atoms with Crippen molar-refractivity contribution in [3.63, 3.8) is 0 Å². The van der Waals surface area contributed by atoms with Crippen molar-refractivity contribution in [2.45, 2.75) is 24.5 Å². The van der Waals surface area contributed by atoms with Crippen LogP contribution in [0.2, 0.25) is 0 Å². The molecule has 1 fully saturated rings. The Kier molecular flexibility index (Phi) is 3.69. The molecule has 0 heterocycles. The molecule has 13 heavy (non-hydrogen) atoms. The van der Waals surface area contributed by atoms with E-state index in [1.807, 2.05) is 0 Å². The van der Waals surface area contributed by atoms with E-state index in [2.05, 4.69) is 4.18 Å². The molecule has 1 rings (SSSR count). The van der Waals surface area contributed by atoms with Crippen molar-refractivity contribution in [1.29, 1.82) is 0 Å². The molecule has 0 amide bonds. The summed E-state index contributed by atoms with van der Waals surface area (Å²) in [5.74, 6) is 0. The van der Waals surface area contributed by atoms with E-state index in [0.717, 1.165) is 12.8 Å². The predicted octanol–water partition coefficient (Wildman–Crippen LogP) is 1.37. The molecule has 1 atom stereocenters. The fourth-order valence-electron chi connectivity index (χ4n) is 0.626. The second kappa shape index (κ2) is 4.39. The smallest absolute Gasteiger partial charge is 0.376 e. The quantitative estimate of drug-likeness (QED) is 0.654. The number of ether oxygens (including phenoxy) is 1. The molecule has 1 saturated carbocycles. The summed E-state index contributed by atoms with van der Waals surface area (Å²) < 4.78 is 54.0. The number of rotatable bonds is 5. The van der Waals surface area contributed by atoms with Crippen molar-refractivity contribution in [3.05, 3.63) is 0 Å². The SMILES string of the molecule is O=S(OCCOC1CC1)C(F)(F)F. The van der Waals surface area contributed by atoms with Crippen LogP contribution in [0.3, 0.4) is 0 Å². The Hall–Kier alpha value is -0.140. The Balaban J connectivity index is 2.00. The molecule has 7 heteroatoms. The van der Waals surface area contributed by atoms with Crippen molar-refractivity contribution in [2.75, 3.05) is 13.2 Å². The summed E-state index contributed by atoms with van der Waals surface area (Å²) in [4.78, 5) is 0. The van der Waals surface area contributed by atoms with E-state index >= 15 is 0 Å². The molecule has 0 bridgehead atoms. The molecule has 0 radical (unpaired) electrons. The van der Waals surface area contributed by atoms with Gasteiger partial charge in [0.15, 0.2) is 0 Å². The normalized spacial score (nSPS) is 20.2. The first kappa shape index (κ1) is 10.9. The first-order valence-electron chi connectivity index (χ1n) is 3.73. The van der Waals surface area contributed by atoms with Crippen molar-refractivity contribution < 1.29 is 26.3 Å². The van der Waals surface area contributed by atoms with E-state index in [4.69, 9.17) is 4.74 Å². The van der Waals surface area contributed by atoms with Gasteiger partial charge in [-0.2, -0.15) is 13.2 Å². The topological polar surface area (TPSA) is 35.5 Å². The van der Waals surface area contributed by atoms with Crippen LogP contribution in [0.5, 0.6) is 0 Å². The van der Waals surface area contributed by atoms with E-state index in [0.29, 0.717) is 0 Å². The molecule has 0 N–H and O–H groups in total. The molecule has 78 valence electrons. The van der Waals surface area contributed by atoms with Crippen molar-refractivity contribution in [3.8, 4) is 0 Å². The highest BCUT2D eigenvalue weighted by molar-refractivity contribution is 7.81. The van der Waals surface area contributed by atoms with Crippen LogP contribution < -0.4 is 0 Å². The summed E-state index contributed by atoms with van der Waals surface area (Å²) in [5.41, 5.74) is -4.79. The van der Waals surface area contributed by atoms with E-state index in [9.17, 15) is 17.4 Å². The molecule has 0 aromatic heterocycles. The van der Waals surface area contributed by atoms with Crippen molar-refractivity contribution in [1.82, 2.24) is 0 Å². The van der Waals surface area contributed by atoms with Gasteiger partial charge < -0.3 is 4.74 Å². The zero-order valence-corrected chi connectivity index (χ0v) is 7.49. The van der Waals surface area contributed by atoms with Gasteiger partial charge in [0.1, 0.15) is 0 Å². The van der Waals surface area contributed by atoms with Gasteiger partial charge in [-0.05, 0) is 12.8 Å². The van der Waals surface area contributed by atoms with Crippen molar-refractivity contribution >= 4 is 11.1 Å². The first-order valence-corrected chi connectivity index (χ1v) is 4.81. The Bertz CT molecular complexity index is 190. The molecule has 0 aromatic rings. The van der Waals surface area contributed by atoms with E-state index in [1.54, 1.807) is 0 Å². The van der Waals surface area contributed by atoms with Gasteiger partial charge in [0, 0.05) is 0 Å². The molecule has 1 unspecified atom stereocenters. The highest BCUT2D eigenvalue weighted by Gasteiger charge is 2.38. The third-order valence-corrected chi connectivity index (χ3v) is 2.10. The number of alkyl halides is 3. The van der Waals surface area contributed by atoms with Gasteiger partial charge in [-0.3, -0.25) is 4.18 Å². The number of hydrogen-bond donors (Lipinski definition) is 0. The van der Waals surface area contributed by atoms with Gasteiger partial charge in [0.05, 0.1) is 19.3 Å². The van der Waals surface area contributed by atoms with E-state index in [1.165, 1.54) is 0 Å². The molecule has 1 aliphatic carbocycles. The van der Waals surface area contributed by atoms with Crippen LogP contribution in [0.4, 0.5) is 13.2 Å². The lowest BCUT2D eigenvalue weighted by Crippen LogP contribution is -2.20. The zero-order valence-electron chi connectivity index (χ0n) is 6.67. The Morgan fingerprint density at radius 1 is 1.31 bits per heavy atom. The number of hydrogen-bond acceptors (Lipinski definition) is 3. The van der Waals surface area contributed by atoms with Crippen LogP contribution in [0, 0.1) is 0 Å². The molecule has 3 nitrogen and oxygen atoms in total. The van der Waals surface area contributed by atoms with Crippen LogP contribution >= 0.6 is 0 Å². The molecule has 0 saturated heterocycles. The standard InChI is InChI=1S/C6H9F3O3S/c7-6(8,9)13(10)12-4-3-11-5-1-2-5/h5H,1-4H2. The van der Waals surface area contributed by atoms with Crippen LogP contribution in [0.25, 0.3) is 0 Å². The molecular weight excluding hydrogens is 209 g/mol. The van der Waals surface area contributed by atoms with Gasteiger partial charge in [0.25, 0.3) is 11.1 Å². The first-order chi connectivity index (χ1) is 6.00. The lowest BCUT2D eigenvalue weighted by Gasteiger charge is -2.06. The minimum Gasteiger partial charge on any atom is -0.376 e. The zero-order chi connectivity index (χ0) is 9.90. The third kappa shape index (κ3) is 4.58. The average Bonchev–Trinajstić information content (AvgIpc) is 2.79. The second-order valence-electron chi connectivity index (χ2n) is 2.57. The summed E-state index contributed by atoms with van der Waals surface area (Å²) in [5, 5.41) is 0. The van der Waals surface area contributed by atoms with Gasteiger partial charge >= 0.3 is 5.51 Å². The molecule has 1 aliphatic rings. The van der Waals surface area contributed by atoms with Crippen LogP contribution in [-0.4, -0.2) is 29.0 Å². The number of halogens is 3. The van der Waals surface area contributed by atoms with Gasteiger partial charge in [-0.15, -0.1) is 0 Å². The summed E-state index contributed by atoms with van der Waals surface area (Å²) >= 11 is -3.21. The Morgan fingerprint density at radius 3 is 2.38 bits per heavy atom. The van der Waals surface area contributed by atoms with Crippen LogP contribution in [0.1, 0.15) is 12.8 Å². The third-order valence-electron chi connectivity index (χ3n) is 1.34. The van der Waals surface area contributed by atoms with E-state index in [-0.39, 0.29) is 19.3 Å². The summed E-state index contributed by atoms with van der Waals surface area (Å²) in [6.07, 6.45) is 2.06. The monoisotopic (exact) mass is 218 g/mol. The highest BCUT2D eigenvalue weighted by atomic mass is 32.2. The maximum Gasteiger partial charge on any atom is 0.497 e. The fraction of sp³-hybridized carbons (Fsp3) is 1.00. The molecule has 0 aliphatic heterocycles. The highest BCUT2D eigenvalue weighted by Crippen LogP contribution is 2.23. The largest absolute Gasteiger partial charge is 0.497 e. The molecule has 0 aromatic carbocycles. The molecule has 0 spiro atoms. The average molecular weight is 218 g/mol. The second-order valence-corrected chi connectivity index (χ2v) is 3.74. The van der Waals surface area contributed by atoms with Gasteiger partial charge in [0.2, 0.25) is 0 Å². The van der Waals surface area contributed by atoms with Crippen molar-refractivity contribution in [2.24, 2.45) is 0 Å². The summed E-state index contributed by atoms with van der Waals surface area (Å²) in [6.45, 7) is -0.227. The van der Waals surface area contributed by atoms with Crippen LogP contribution in [0.15, 0.2) is 0 Å². The maximum atomic E-state index is 11.6. The summed E-state index contributed by atoms with van der Waals surface area (Å²) in [7, 11) is 0. The fourth-order valence-corrected chi connectivity index (χ4v) is 0.979.